The van der Waals surface area contributed by atoms with Crippen LogP contribution in [0.1, 0.15) is 66.8 Å². The molecule has 0 spiro atoms. The number of hydrogen-bond donors (Lipinski definition) is 3. The second-order valence-corrected chi connectivity index (χ2v) is 13.2. The molecule has 2 aromatic rings. The van der Waals surface area contributed by atoms with E-state index in [0.29, 0.717) is 46.8 Å². The number of guanidine groups is 1. The predicted molar refractivity (Wildman–Crippen MR) is 161 cm³/mol. The summed E-state index contributed by atoms with van der Waals surface area (Å²) in [6.07, 6.45) is 2.82. The van der Waals surface area contributed by atoms with Crippen LogP contribution < -0.4 is 10.6 Å². The van der Waals surface area contributed by atoms with E-state index in [4.69, 9.17) is 4.99 Å². The van der Waals surface area contributed by atoms with Gasteiger partial charge in [-0.15, -0.1) is 0 Å². The van der Waals surface area contributed by atoms with Gasteiger partial charge in [0, 0.05) is 31.4 Å². The Morgan fingerprint density at radius 2 is 1.85 bits per heavy atom. The lowest BCUT2D eigenvalue weighted by atomic mass is 9.45. The molecule has 7 rings (SSSR count). The molecule has 1 saturated heterocycles. The number of rotatable bonds is 6. The Bertz CT molecular complexity index is 1340. The van der Waals surface area contributed by atoms with Crippen molar-refractivity contribution in [3.63, 3.8) is 0 Å². The molecule has 8 nitrogen and oxygen atoms in total. The maximum Gasteiger partial charge on any atom is 0.261 e. The Morgan fingerprint density at radius 1 is 1.10 bits per heavy atom. The van der Waals surface area contributed by atoms with Crippen LogP contribution in [-0.2, 0) is 6.42 Å². The van der Waals surface area contributed by atoms with Crippen molar-refractivity contribution in [1.29, 1.82) is 0 Å². The number of aliphatic hydroxyl groups excluding tert-OH is 1. The highest BCUT2D eigenvalue weighted by atomic mass is 16.3. The van der Waals surface area contributed by atoms with Gasteiger partial charge in [-0.25, -0.2) is 4.99 Å². The Balaban J connectivity index is 1.25. The molecule has 5 aliphatic rings. The van der Waals surface area contributed by atoms with Crippen molar-refractivity contribution in [1.82, 2.24) is 15.1 Å². The molecule has 218 valence electrons. The zero-order chi connectivity index (χ0) is 28.9. The van der Waals surface area contributed by atoms with Gasteiger partial charge in [0.1, 0.15) is 0 Å². The molecule has 3 aliphatic carbocycles. The van der Waals surface area contributed by atoms with Crippen LogP contribution in [-0.4, -0.2) is 77.0 Å². The van der Waals surface area contributed by atoms with E-state index < -0.39 is 6.04 Å². The lowest BCUT2D eigenvalue weighted by molar-refractivity contribution is -0.108. The number of aliphatic hydroxyl groups is 1. The minimum atomic E-state index is -0.621. The van der Waals surface area contributed by atoms with Gasteiger partial charge in [-0.05, 0) is 73.1 Å². The van der Waals surface area contributed by atoms with Crippen molar-refractivity contribution in [2.24, 2.45) is 28.2 Å². The SMILES string of the molecule is C[C@H]1[C@@H](N=C(Nc2ccc3c(c2)C(=O)N([C@@H](CO)Cc2ccccc2)C3=O)N2CCN[C@@H](C)C2)C[C@@H]2C[C@@H]1C2(C)C. The molecule has 2 bridgehead atoms. The fourth-order valence-corrected chi connectivity index (χ4v) is 7.69. The fourth-order valence-electron chi connectivity index (χ4n) is 7.69. The van der Waals surface area contributed by atoms with Crippen LogP contribution in [0.2, 0.25) is 0 Å². The Hall–Kier alpha value is -3.23. The molecule has 0 aromatic heterocycles. The number of imide groups is 1. The molecule has 2 heterocycles. The molecule has 0 unspecified atom stereocenters. The second kappa shape index (κ2) is 10.9. The number of aliphatic imine (C=N–C) groups is 1. The molecule has 8 heteroatoms. The van der Waals surface area contributed by atoms with Gasteiger partial charge in [-0.1, -0.05) is 51.1 Å². The number of amides is 2. The average Bonchev–Trinajstić information content (AvgIpc) is 3.21. The Morgan fingerprint density at radius 3 is 2.54 bits per heavy atom. The highest BCUT2D eigenvalue weighted by molar-refractivity contribution is 6.22. The van der Waals surface area contributed by atoms with E-state index in [-0.39, 0.29) is 24.5 Å². The zero-order valence-electron chi connectivity index (χ0n) is 24.6. The van der Waals surface area contributed by atoms with Crippen molar-refractivity contribution in [3.05, 3.63) is 65.2 Å². The molecule has 2 amide bonds. The molecule has 2 aliphatic heterocycles. The number of benzene rings is 2. The smallest absolute Gasteiger partial charge is 0.261 e. The molecule has 41 heavy (non-hydrogen) atoms. The van der Waals surface area contributed by atoms with Crippen molar-refractivity contribution < 1.29 is 14.7 Å². The molecular formula is C33H43N5O3. The van der Waals surface area contributed by atoms with Crippen LogP contribution in [0.4, 0.5) is 5.69 Å². The fraction of sp³-hybridized carbons (Fsp3) is 0.545. The molecular weight excluding hydrogens is 514 g/mol. The minimum absolute atomic E-state index is 0.260. The molecule has 3 saturated carbocycles. The highest BCUT2D eigenvalue weighted by Gasteiger charge is 2.56. The van der Waals surface area contributed by atoms with Crippen molar-refractivity contribution >= 4 is 23.5 Å². The van der Waals surface area contributed by atoms with E-state index in [1.807, 2.05) is 36.4 Å². The first kappa shape index (κ1) is 27.9. The van der Waals surface area contributed by atoms with Crippen LogP contribution >= 0.6 is 0 Å². The van der Waals surface area contributed by atoms with Crippen LogP contribution in [0, 0.1) is 23.2 Å². The first-order valence-corrected chi connectivity index (χ1v) is 15.2. The van der Waals surface area contributed by atoms with Crippen LogP contribution in [0.5, 0.6) is 0 Å². The monoisotopic (exact) mass is 557 g/mol. The first-order valence-electron chi connectivity index (χ1n) is 15.2. The number of carbonyl (C=O) groups excluding carboxylic acids is 2. The molecule has 3 N–H and O–H groups in total. The number of hydrogen-bond acceptors (Lipinski definition) is 5. The van der Waals surface area contributed by atoms with Gasteiger partial charge in [0.2, 0.25) is 0 Å². The first-order chi connectivity index (χ1) is 19.7. The van der Waals surface area contributed by atoms with Crippen LogP contribution in [0.25, 0.3) is 0 Å². The summed E-state index contributed by atoms with van der Waals surface area (Å²) in [4.78, 5) is 35.8. The highest BCUT2D eigenvalue weighted by Crippen LogP contribution is 2.61. The number of piperazine rings is 1. The van der Waals surface area contributed by atoms with Gasteiger partial charge in [0.25, 0.3) is 11.8 Å². The summed E-state index contributed by atoms with van der Waals surface area (Å²) in [7, 11) is 0. The third kappa shape index (κ3) is 5.06. The van der Waals surface area contributed by atoms with Crippen molar-refractivity contribution in [3.8, 4) is 0 Å². The minimum Gasteiger partial charge on any atom is -0.394 e. The van der Waals surface area contributed by atoms with E-state index in [9.17, 15) is 14.7 Å². The molecule has 4 fully saturated rings. The Labute approximate surface area is 243 Å². The van der Waals surface area contributed by atoms with E-state index >= 15 is 0 Å². The number of nitrogens with one attached hydrogen (secondary N) is 2. The number of anilines is 1. The van der Waals surface area contributed by atoms with Crippen molar-refractivity contribution in [2.45, 2.75) is 65.1 Å². The summed E-state index contributed by atoms with van der Waals surface area (Å²) in [5.74, 6) is 2.06. The summed E-state index contributed by atoms with van der Waals surface area (Å²) >= 11 is 0. The van der Waals surface area contributed by atoms with E-state index in [0.717, 1.165) is 43.3 Å². The van der Waals surface area contributed by atoms with Crippen molar-refractivity contribution in [2.75, 3.05) is 31.6 Å². The van der Waals surface area contributed by atoms with E-state index in [1.54, 1.807) is 12.1 Å². The van der Waals surface area contributed by atoms with E-state index in [2.05, 4.69) is 43.2 Å². The van der Waals surface area contributed by atoms with Gasteiger partial charge < -0.3 is 20.6 Å². The quantitative estimate of drug-likeness (QED) is 0.282. The maximum atomic E-state index is 13.6. The summed E-state index contributed by atoms with van der Waals surface area (Å²) in [5, 5.41) is 17.2. The molecule has 2 aromatic carbocycles. The molecule has 6 atom stereocenters. The largest absolute Gasteiger partial charge is 0.394 e. The van der Waals surface area contributed by atoms with Crippen LogP contribution in [0.15, 0.2) is 53.5 Å². The Kier molecular flexibility index (Phi) is 7.41. The average molecular weight is 558 g/mol. The van der Waals surface area contributed by atoms with E-state index in [1.165, 1.54) is 11.3 Å². The van der Waals surface area contributed by atoms with Gasteiger partial charge in [0.15, 0.2) is 5.96 Å². The normalized spacial score (nSPS) is 29.7. The van der Waals surface area contributed by atoms with Crippen LogP contribution in [0.3, 0.4) is 0 Å². The topological polar surface area (TPSA) is 97.3 Å². The lowest BCUT2D eigenvalue weighted by Crippen LogP contribution is -2.57. The summed E-state index contributed by atoms with van der Waals surface area (Å²) in [6, 6.07) is 15.0. The third-order valence-electron chi connectivity index (χ3n) is 10.3. The van der Waals surface area contributed by atoms with Gasteiger partial charge >= 0.3 is 0 Å². The predicted octanol–water partition coefficient (Wildman–Crippen LogP) is 4.02. The molecule has 0 radical (unpaired) electrons. The second-order valence-electron chi connectivity index (χ2n) is 13.2. The number of fused-ring (bicyclic) bond motifs is 3. The summed E-state index contributed by atoms with van der Waals surface area (Å²) in [5.41, 5.74) is 2.86. The summed E-state index contributed by atoms with van der Waals surface area (Å²) < 4.78 is 0. The van der Waals surface area contributed by atoms with Gasteiger partial charge in [0.05, 0.1) is 29.8 Å². The third-order valence-corrected chi connectivity index (χ3v) is 10.3. The van der Waals surface area contributed by atoms with Gasteiger partial charge in [-0.2, -0.15) is 0 Å². The van der Waals surface area contributed by atoms with Gasteiger partial charge in [-0.3, -0.25) is 14.5 Å². The zero-order valence-corrected chi connectivity index (χ0v) is 24.6. The summed E-state index contributed by atoms with van der Waals surface area (Å²) in [6.45, 7) is 11.7. The maximum absolute atomic E-state index is 13.6. The number of nitrogens with zero attached hydrogens (tertiary/aromatic N) is 3. The lowest BCUT2D eigenvalue weighted by Gasteiger charge is -2.61. The standard InChI is InChI=1S/C33H43N5O3/c1-20-18-37(13-12-34-20)32(36-29-16-23-15-28(21(29)2)33(23,3)4)35-24-10-11-26-27(17-24)31(41)38(30(26)40)25(19-39)14-22-8-6-5-7-9-22/h5-11,17,20-21,23,25,28-29,34,39H,12-16,18-19H2,1-4H3,(H,35,36)/t20-,21+,23-,25+,28-,29-/m0/s1. The number of carbonyl (C=O) groups is 2.